The van der Waals surface area contributed by atoms with Gasteiger partial charge in [0.15, 0.2) is 0 Å². The number of benzene rings is 1. The topological polar surface area (TPSA) is 59.1 Å². The van der Waals surface area contributed by atoms with Crippen LogP contribution < -0.4 is 5.73 Å². The molecule has 1 fully saturated rings. The second kappa shape index (κ2) is 4.04. The van der Waals surface area contributed by atoms with Gasteiger partial charge in [0, 0.05) is 17.6 Å². The Morgan fingerprint density at radius 3 is 2.78 bits per heavy atom. The maximum absolute atomic E-state index is 10.7. The van der Waals surface area contributed by atoms with Crippen LogP contribution in [0.15, 0.2) is 30.3 Å². The number of aromatic nitrogens is 1. The highest BCUT2D eigenvalue weighted by Gasteiger charge is 2.44. The maximum atomic E-state index is 10.7. The van der Waals surface area contributed by atoms with Crippen LogP contribution in [0.2, 0.25) is 0 Å². The van der Waals surface area contributed by atoms with Crippen LogP contribution in [-0.4, -0.2) is 16.6 Å². The van der Waals surface area contributed by atoms with Gasteiger partial charge in [0.05, 0.1) is 5.52 Å². The minimum Gasteiger partial charge on any atom is -0.384 e. The fraction of sp³-hybridized carbons (Fsp3) is 0.400. The van der Waals surface area contributed by atoms with Crippen LogP contribution in [0.4, 0.5) is 0 Å². The molecule has 94 valence electrons. The minimum atomic E-state index is -0.862. The van der Waals surface area contributed by atoms with Gasteiger partial charge in [0.1, 0.15) is 5.60 Å². The molecule has 0 amide bonds. The first-order valence-electron chi connectivity index (χ1n) is 6.44. The zero-order chi connectivity index (χ0) is 12.8. The fourth-order valence-electron chi connectivity index (χ4n) is 2.58. The summed E-state index contributed by atoms with van der Waals surface area (Å²) in [5, 5.41) is 11.8. The third kappa shape index (κ3) is 1.80. The van der Waals surface area contributed by atoms with Crippen LogP contribution in [0.25, 0.3) is 10.9 Å². The van der Waals surface area contributed by atoms with E-state index < -0.39 is 5.60 Å². The van der Waals surface area contributed by atoms with Crippen molar-refractivity contribution in [3.8, 4) is 0 Å². The molecule has 3 N–H and O–H groups in total. The van der Waals surface area contributed by atoms with Gasteiger partial charge in [-0.3, -0.25) is 4.98 Å². The minimum absolute atomic E-state index is 0.280. The second-order valence-corrected chi connectivity index (χ2v) is 5.26. The SMILES string of the molecule is Cc1ccc2cc(C(O)(CN)C3CC3)ccc2n1. The van der Waals surface area contributed by atoms with E-state index in [1.807, 2.05) is 37.3 Å². The van der Waals surface area contributed by atoms with Crippen molar-refractivity contribution in [2.24, 2.45) is 11.7 Å². The number of nitrogens with zero attached hydrogens (tertiary/aromatic N) is 1. The van der Waals surface area contributed by atoms with Gasteiger partial charge in [-0.25, -0.2) is 0 Å². The highest BCUT2D eigenvalue weighted by molar-refractivity contribution is 5.79. The van der Waals surface area contributed by atoms with E-state index in [2.05, 4.69) is 4.98 Å². The molecule has 2 aromatic rings. The second-order valence-electron chi connectivity index (χ2n) is 5.26. The summed E-state index contributed by atoms with van der Waals surface area (Å²) in [7, 11) is 0. The molecule has 0 bridgehead atoms. The first kappa shape index (κ1) is 11.6. The van der Waals surface area contributed by atoms with Crippen LogP contribution in [0.3, 0.4) is 0 Å². The van der Waals surface area contributed by atoms with Gasteiger partial charge in [-0.2, -0.15) is 0 Å². The molecule has 18 heavy (non-hydrogen) atoms. The summed E-state index contributed by atoms with van der Waals surface area (Å²) < 4.78 is 0. The van der Waals surface area contributed by atoms with Crippen molar-refractivity contribution in [2.45, 2.75) is 25.4 Å². The zero-order valence-electron chi connectivity index (χ0n) is 10.6. The van der Waals surface area contributed by atoms with E-state index >= 15 is 0 Å². The summed E-state index contributed by atoms with van der Waals surface area (Å²) in [6, 6.07) is 9.99. The maximum Gasteiger partial charge on any atom is 0.105 e. The predicted octanol–water partition coefficient (Wildman–Crippen LogP) is 2.10. The molecule has 1 aromatic heterocycles. The highest BCUT2D eigenvalue weighted by atomic mass is 16.3. The van der Waals surface area contributed by atoms with E-state index in [1.165, 1.54) is 0 Å². The molecule has 1 aliphatic carbocycles. The van der Waals surface area contributed by atoms with Gasteiger partial charge < -0.3 is 10.8 Å². The van der Waals surface area contributed by atoms with Gasteiger partial charge in [-0.1, -0.05) is 12.1 Å². The molecule has 1 saturated carbocycles. The third-order valence-electron chi connectivity index (χ3n) is 3.89. The predicted molar refractivity (Wildman–Crippen MR) is 72.2 cm³/mol. The van der Waals surface area contributed by atoms with E-state index in [0.29, 0.717) is 5.92 Å². The molecule has 3 nitrogen and oxygen atoms in total. The molecule has 1 heterocycles. The molecule has 0 spiro atoms. The van der Waals surface area contributed by atoms with Crippen molar-refractivity contribution in [3.05, 3.63) is 41.6 Å². The first-order chi connectivity index (χ1) is 8.63. The van der Waals surface area contributed by atoms with Crippen LogP contribution in [-0.2, 0) is 5.60 Å². The van der Waals surface area contributed by atoms with Gasteiger partial charge >= 0.3 is 0 Å². The number of aryl methyl sites for hydroxylation is 1. The number of nitrogens with two attached hydrogens (primary N) is 1. The van der Waals surface area contributed by atoms with Crippen molar-refractivity contribution >= 4 is 10.9 Å². The summed E-state index contributed by atoms with van der Waals surface area (Å²) in [6.07, 6.45) is 2.13. The Hall–Kier alpha value is -1.45. The average molecular weight is 242 g/mol. The van der Waals surface area contributed by atoms with Crippen molar-refractivity contribution in [1.82, 2.24) is 4.98 Å². The fourth-order valence-corrected chi connectivity index (χ4v) is 2.58. The summed E-state index contributed by atoms with van der Waals surface area (Å²) in [6.45, 7) is 2.26. The molecule has 1 aromatic carbocycles. The lowest BCUT2D eigenvalue weighted by molar-refractivity contribution is 0.0223. The van der Waals surface area contributed by atoms with E-state index in [-0.39, 0.29) is 6.54 Å². The van der Waals surface area contributed by atoms with Crippen molar-refractivity contribution in [1.29, 1.82) is 0 Å². The van der Waals surface area contributed by atoms with Crippen molar-refractivity contribution in [2.75, 3.05) is 6.54 Å². The van der Waals surface area contributed by atoms with Crippen LogP contribution in [0.1, 0.15) is 24.1 Å². The number of pyridine rings is 1. The Labute approximate surface area is 107 Å². The number of hydrogen-bond donors (Lipinski definition) is 2. The Morgan fingerprint density at radius 2 is 2.11 bits per heavy atom. The highest BCUT2D eigenvalue weighted by Crippen LogP contribution is 2.45. The summed E-state index contributed by atoms with van der Waals surface area (Å²) in [5.41, 5.74) is 7.82. The quantitative estimate of drug-likeness (QED) is 0.866. The van der Waals surface area contributed by atoms with E-state index in [9.17, 15) is 5.11 Å². The smallest absolute Gasteiger partial charge is 0.105 e. The molecule has 1 unspecified atom stereocenters. The molecule has 0 aliphatic heterocycles. The number of aliphatic hydroxyl groups is 1. The molecular weight excluding hydrogens is 224 g/mol. The molecule has 0 saturated heterocycles. The Morgan fingerprint density at radius 1 is 1.33 bits per heavy atom. The number of fused-ring (bicyclic) bond motifs is 1. The Kier molecular flexibility index (Phi) is 2.61. The molecular formula is C15H18N2O. The molecule has 0 radical (unpaired) electrons. The van der Waals surface area contributed by atoms with Crippen molar-refractivity contribution in [3.63, 3.8) is 0 Å². The normalized spacial score (nSPS) is 18.8. The number of rotatable bonds is 3. The van der Waals surface area contributed by atoms with Gasteiger partial charge in [-0.05, 0) is 49.4 Å². The van der Waals surface area contributed by atoms with E-state index in [1.54, 1.807) is 0 Å². The standard InChI is InChI=1S/C15H18N2O/c1-10-2-3-11-8-13(6-7-14(11)17-10)15(18,9-16)12-4-5-12/h2-3,6-8,12,18H,4-5,9,16H2,1H3. The van der Waals surface area contributed by atoms with Gasteiger partial charge in [0.2, 0.25) is 0 Å². The third-order valence-corrected chi connectivity index (χ3v) is 3.89. The van der Waals surface area contributed by atoms with Crippen LogP contribution >= 0.6 is 0 Å². The summed E-state index contributed by atoms with van der Waals surface area (Å²) in [5.74, 6) is 0.318. The van der Waals surface area contributed by atoms with Gasteiger partial charge in [-0.15, -0.1) is 0 Å². The van der Waals surface area contributed by atoms with Crippen LogP contribution in [0.5, 0.6) is 0 Å². The lowest BCUT2D eigenvalue weighted by Crippen LogP contribution is -2.37. The largest absolute Gasteiger partial charge is 0.384 e. The summed E-state index contributed by atoms with van der Waals surface area (Å²) in [4.78, 5) is 4.47. The van der Waals surface area contributed by atoms with Gasteiger partial charge in [0.25, 0.3) is 0 Å². The zero-order valence-corrected chi connectivity index (χ0v) is 10.6. The lowest BCUT2D eigenvalue weighted by Gasteiger charge is -2.27. The average Bonchev–Trinajstić information content (AvgIpc) is 3.21. The monoisotopic (exact) mass is 242 g/mol. The number of hydrogen-bond acceptors (Lipinski definition) is 3. The lowest BCUT2D eigenvalue weighted by atomic mass is 9.88. The Balaban J connectivity index is 2.10. The molecule has 3 rings (SSSR count). The summed E-state index contributed by atoms with van der Waals surface area (Å²) >= 11 is 0. The molecule has 1 atom stereocenters. The van der Waals surface area contributed by atoms with E-state index in [0.717, 1.165) is 35.0 Å². The first-order valence-corrected chi connectivity index (χ1v) is 6.44. The Bertz CT molecular complexity index is 592. The van der Waals surface area contributed by atoms with E-state index in [4.69, 9.17) is 5.73 Å². The molecule has 3 heteroatoms. The van der Waals surface area contributed by atoms with Crippen molar-refractivity contribution < 1.29 is 5.11 Å². The molecule has 1 aliphatic rings. The van der Waals surface area contributed by atoms with Crippen LogP contribution in [0, 0.1) is 12.8 Å².